The molecule has 2 heterocycles. The van der Waals surface area contributed by atoms with Gasteiger partial charge in [-0.3, -0.25) is 9.36 Å². The molecule has 152 valence electrons. The van der Waals surface area contributed by atoms with Gasteiger partial charge in [0.15, 0.2) is 5.16 Å². The molecule has 0 N–H and O–H groups in total. The van der Waals surface area contributed by atoms with Crippen molar-refractivity contribution in [1.82, 2.24) is 19.7 Å². The average molecular weight is 415 g/mol. The first-order valence-corrected chi connectivity index (χ1v) is 10.6. The molecule has 1 fully saturated rings. The normalized spacial score (nSPS) is 14.7. The second-order valence-electron chi connectivity index (χ2n) is 7.30. The highest BCUT2D eigenvalue weighted by atomic mass is 32.2. The van der Waals surface area contributed by atoms with Crippen LogP contribution in [0.5, 0.6) is 0 Å². The summed E-state index contributed by atoms with van der Waals surface area (Å²) in [5.41, 5.74) is 0.893. The van der Waals surface area contributed by atoms with Crippen LogP contribution in [0.3, 0.4) is 0 Å². The molecule has 1 atom stereocenters. The maximum absolute atomic E-state index is 13.1. The number of hydrogen-bond acceptors (Lipinski definition) is 5. The van der Waals surface area contributed by atoms with Crippen LogP contribution in [0.4, 0.5) is 4.39 Å². The van der Waals surface area contributed by atoms with Crippen LogP contribution < -0.4 is 0 Å². The lowest BCUT2D eigenvalue weighted by atomic mass is 10.1. The number of rotatable bonds is 8. The summed E-state index contributed by atoms with van der Waals surface area (Å²) >= 11 is 1.38. The number of carbonyl (C=O) groups is 1. The summed E-state index contributed by atoms with van der Waals surface area (Å²) in [5.74, 6) is 2.19. The number of halogens is 1. The SMILES string of the molecule is CC(c1ccc(F)cc1)N(C)C(=O)CSc1nnc(C2CC2)n1Cc1ccco1. The molecule has 0 saturated heterocycles. The molecule has 8 heteroatoms. The number of furan rings is 1. The number of aromatic nitrogens is 3. The van der Waals surface area contributed by atoms with Crippen LogP contribution in [0.25, 0.3) is 0 Å². The van der Waals surface area contributed by atoms with Gasteiger partial charge in [-0.15, -0.1) is 10.2 Å². The van der Waals surface area contributed by atoms with Crippen molar-refractivity contribution in [2.45, 2.75) is 43.4 Å². The van der Waals surface area contributed by atoms with E-state index in [1.54, 1.807) is 30.3 Å². The van der Waals surface area contributed by atoms with E-state index in [2.05, 4.69) is 14.8 Å². The van der Waals surface area contributed by atoms with Gasteiger partial charge >= 0.3 is 0 Å². The molecule has 3 aromatic rings. The van der Waals surface area contributed by atoms with Crippen molar-refractivity contribution < 1.29 is 13.6 Å². The minimum Gasteiger partial charge on any atom is -0.467 e. The van der Waals surface area contributed by atoms with Gasteiger partial charge in [0.05, 0.1) is 24.6 Å². The van der Waals surface area contributed by atoms with Crippen molar-refractivity contribution >= 4 is 17.7 Å². The van der Waals surface area contributed by atoms with Crippen LogP contribution in [0.1, 0.15) is 48.9 Å². The van der Waals surface area contributed by atoms with Gasteiger partial charge < -0.3 is 9.32 Å². The second kappa shape index (κ2) is 8.41. The fourth-order valence-corrected chi connectivity index (χ4v) is 4.04. The first-order chi connectivity index (χ1) is 14.0. The maximum atomic E-state index is 13.1. The van der Waals surface area contributed by atoms with Crippen molar-refractivity contribution in [2.24, 2.45) is 0 Å². The van der Waals surface area contributed by atoms with Gasteiger partial charge in [-0.25, -0.2) is 4.39 Å². The molecular weight excluding hydrogens is 391 g/mol. The van der Waals surface area contributed by atoms with Gasteiger partial charge in [0.1, 0.15) is 17.4 Å². The Morgan fingerprint density at radius 1 is 1.31 bits per heavy atom. The van der Waals surface area contributed by atoms with Gasteiger partial charge in [-0.05, 0) is 49.6 Å². The van der Waals surface area contributed by atoms with E-state index in [9.17, 15) is 9.18 Å². The number of benzene rings is 1. The van der Waals surface area contributed by atoms with Gasteiger partial charge in [-0.1, -0.05) is 23.9 Å². The molecule has 0 aliphatic heterocycles. The van der Waals surface area contributed by atoms with Crippen LogP contribution in [-0.4, -0.2) is 38.4 Å². The summed E-state index contributed by atoms with van der Waals surface area (Å²) < 4.78 is 20.7. The van der Waals surface area contributed by atoms with E-state index in [0.29, 0.717) is 12.5 Å². The third-order valence-corrected chi connectivity index (χ3v) is 6.19. The van der Waals surface area contributed by atoms with Crippen LogP contribution in [0.2, 0.25) is 0 Å². The predicted molar refractivity (Wildman–Crippen MR) is 108 cm³/mol. The van der Waals surface area contributed by atoms with Gasteiger partial charge in [0, 0.05) is 13.0 Å². The van der Waals surface area contributed by atoms with Crippen molar-refractivity contribution in [3.05, 3.63) is 65.6 Å². The summed E-state index contributed by atoms with van der Waals surface area (Å²) in [4.78, 5) is 14.4. The zero-order valence-corrected chi connectivity index (χ0v) is 17.2. The van der Waals surface area contributed by atoms with Crippen LogP contribution in [-0.2, 0) is 11.3 Å². The van der Waals surface area contributed by atoms with Gasteiger partial charge in [0.2, 0.25) is 5.91 Å². The molecule has 2 aromatic heterocycles. The van der Waals surface area contributed by atoms with E-state index >= 15 is 0 Å². The third-order valence-electron chi connectivity index (χ3n) is 5.23. The Morgan fingerprint density at radius 2 is 2.07 bits per heavy atom. The second-order valence-corrected chi connectivity index (χ2v) is 8.24. The Kier molecular flexibility index (Phi) is 5.71. The molecule has 0 bridgehead atoms. The highest BCUT2D eigenvalue weighted by Crippen LogP contribution is 2.40. The zero-order chi connectivity index (χ0) is 20.4. The molecule has 1 aliphatic carbocycles. The standard InChI is InChI=1S/C21H23FN4O2S/c1-14(15-7-9-17(22)10-8-15)25(2)19(27)13-29-21-24-23-20(16-5-6-16)26(21)12-18-4-3-11-28-18/h3-4,7-11,14,16H,5-6,12-13H2,1-2H3. The van der Waals surface area contributed by atoms with E-state index in [-0.39, 0.29) is 23.5 Å². The first-order valence-electron chi connectivity index (χ1n) is 9.62. The minimum absolute atomic E-state index is 0.0210. The summed E-state index contributed by atoms with van der Waals surface area (Å²) in [7, 11) is 1.76. The Labute approximate surface area is 173 Å². The summed E-state index contributed by atoms with van der Waals surface area (Å²) in [5, 5.41) is 9.41. The van der Waals surface area contributed by atoms with Crippen LogP contribution in [0.15, 0.2) is 52.2 Å². The lowest BCUT2D eigenvalue weighted by molar-refractivity contribution is -0.128. The molecule has 1 aromatic carbocycles. The molecule has 6 nitrogen and oxygen atoms in total. The third kappa shape index (κ3) is 4.53. The predicted octanol–water partition coefficient (Wildman–Crippen LogP) is 4.25. The number of carbonyl (C=O) groups excluding carboxylic acids is 1. The number of nitrogens with zero attached hydrogens (tertiary/aromatic N) is 4. The molecule has 29 heavy (non-hydrogen) atoms. The van der Waals surface area contributed by atoms with E-state index in [0.717, 1.165) is 35.1 Å². The Balaban J connectivity index is 1.43. The monoisotopic (exact) mass is 414 g/mol. The Bertz CT molecular complexity index is 967. The number of amides is 1. The van der Waals surface area contributed by atoms with Crippen molar-refractivity contribution in [1.29, 1.82) is 0 Å². The Morgan fingerprint density at radius 3 is 2.72 bits per heavy atom. The molecule has 1 aliphatic rings. The average Bonchev–Trinajstić information content (AvgIpc) is 3.29. The molecular formula is C21H23FN4O2S. The topological polar surface area (TPSA) is 64.2 Å². The van der Waals surface area contributed by atoms with E-state index in [4.69, 9.17) is 4.42 Å². The van der Waals surface area contributed by atoms with Crippen LogP contribution in [0, 0.1) is 5.82 Å². The lowest BCUT2D eigenvalue weighted by Gasteiger charge is -2.25. The summed E-state index contributed by atoms with van der Waals surface area (Å²) in [6.45, 7) is 2.49. The fraction of sp³-hybridized carbons (Fsp3) is 0.381. The quantitative estimate of drug-likeness (QED) is 0.516. The number of hydrogen-bond donors (Lipinski definition) is 0. The summed E-state index contributed by atoms with van der Waals surface area (Å²) in [6.07, 6.45) is 3.90. The largest absolute Gasteiger partial charge is 0.467 e. The molecule has 4 rings (SSSR count). The zero-order valence-electron chi connectivity index (χ0n) is 16.4. The maximum Gasteiger partial charge on any atom is 0.233 e. The summed E-state index contributed by atoms with van der Waals surface area (Å²) in [6, 6.07) is 9.88. The highest BCUT2D eigenvalue weighted by Gasteiger charge is 2.31. The van der Waals surface area contributed by atoms with E-state index in [1.807, 2.05) is 19.1 Å². The lowest BCUT2D eigenvalue weighted by Crippen LogP contribution is -2.31. The van der Waals surface area contributed by atoms with Crippen molar-refractivity contribution in [3.63, 3.8) is 0 Å². The van der Waals surface area contributed by atoms with E-state index in [1.165, 1.54) is 23.9 Å². The Hall–Kier alpha value is -2.61. The minimum atomic E-state index is -0.284. The van der Waals surface area contributed by atoms with Gasteiger partial charge in [0.25, 0.3) is 0 Å². The van der Waals surface area contributed by atoms with Gasteiger partial charge in [-0.2, -0.15) is 0 Å². The van der Waals surface area contributed by atoms with E-state index < -0.39 is 0 Å². The van der Waals surface area contributed by atoms with Crippen molar-refractivity contribution in [2.75, 3.05) is 12.8 Å². The molecule has 0 spiro atoms. The molecule has 1 saturated carbocycles. The fourth-order valence-electron chi connectivity index (χ4n) is 3.17. The number of thioether (sulfide) groups is 1. The molecule has 0 radical (unpaired) electrons. The highest BCUT2D eigenvalue weighted by molar-refractivity contribution is 7.99. The van der Waals surface area contributed by atoms with Crippen molar-refractivity contribution in [3.8, 4) is 0 Å². The molecule has 1 unspecified atom stereocenters. The molecule has 1 amide bonds. The van der Waals surface area contributed by atoms with Crippen LogP contribution >= 0.6 is 11.8 Å². The smallest absolute Gasteiger partial charge is 0.233 e. The first kappa shape index (κ1) is 19.7.